The first kappa shape index (κ1) is 20.9. The summed E-state index contributed by atoms with van der Waals surface area (Å²) in [5.74, 6) is 0.839. The summed E-state index contributed by atoms with van der Waals surface area (Å²) >= 11 is 0. The lowest BCUT2D eigenvalue weighted by molar-refractivity contribution is -0.137. The molecular formula is C19H23N7O5. The minimum absolute atomic E-state index is 0.346. The van der Waals surface area contributed by atoms with Crippen LogP contribution in [0.1, 0.15) is 13.2 Å². The van der Waals surface area contributed by atoms with Crippen LogP contribution in [0, 0.1) is 0 Å². The highest BCUT2D eigenvalue weighted by Gasteiger charge is 2.47. The van der Waals surface area contributed by atoms with Gasteiger partial charge in [-0.3, -0.25) is 14.3 Å². The van der Waals surface area contributed by atoms with Gasteiger partial charge in [-0.1, -0.05) is 0 Å². The minimum atomic E-state index is -1.40. The first-order chi connectivity index (χ1) is 15.0. The number of fused-ring (bicyclic) bond motifs is 1. The summed E-state index contributed by atoms with van der Waals surface area (Å²) in [5.41, 5.74) is 1.40. The van der Waals surface area contributed by atoms with E-state index in [1.165, 1.54) is 18.0 Å². The summed E-state index contributed by atoms with van der Waals surface area (Å²) < 4.78 is 12.4. The third-order valence-corrected chi connectivity index (χ3v) is 4.99. The Labute approximate surface area is 177 Å². The molecule has 0 aromatic carbocycles. The zero-order valence-corrected chi connectivity index (χ0v) is 17.2. The molecule has 3 aromatic rings. The van der Waals surface area contributed by atoms with Crippen LogP contribution in [0.15, 0.2) is 24.8 Å². The van der Waals surface area contributed by atoms with Gasteiger partial charge in [-0.15, -0.1) is 0 Å². The van der Waals surface area contributed by atoms with Crippen molar-refractivity contribution in [3.63, 3.8) is 0 Å². The maximum absolute atomic E-state index is 12.2. The van der Waals surface area contributed by atoms with Crippen molar-refractivity contribution in [1.82, 2.24) is 29.8 Å². The van der Waals surface area contributed by atoms with Crippen molar-refractivity contribution in [3.8, 4) is 17.1 Å². The lowest BCUT2D eigenvalue weighted by Gasteiger charge is -2.17. The van der Waals surface area contributed by atoms with Crippen LogP contribution in [-0.2, 0) is 9.53 Å². The molecule has 1 aliphatic heterocycles. The minimum Gasteiger partial charge on any atom is -0.495 e. The molecular weight excluding hydrogens is 406 g/mol. The van der Waals surface area contributed by atoms with E-state index in [-0.39, 0.29) is 0 Å². The van der Waals surface area contributed by atoms with Crippen molar-refractivity contribution >= 4 is 22.9 Å². The molecule has 164 valence electrons. The number of imidazole rings is 1. The second kappa shape index (κ2) is 8.41. The highest BCUT2D eigenvalue weighted by atomic mass is 16.6. The number of nitrogens with one attached hydrogen (secondary N) is 2. The molecule has 0 aliphatic carbocycles. The summed E-state index contributed by atoms with van der Waals surface area (Å²) in [5, 5.41) is 26.5. The molecule has 4 atom stereocenters. The van der Waals surface area contributed by atoms with Crippen LogP contribution < -0.4 is 15.4 Å². The fourth-order valence-corrected chi connectivity index (χ4v) is 3.44. The molecule has 31 heavy (non-hydrogen) atoms. The number of hydrogen-bond acceptors (Lipinski definition) is 10. The van der Waals surface area contributed by atoms with Crippen LogP contribution in [0.5, 0.6) is 5.75 Å². The maximum atomic E-state index is 12.2. The number of nitrogens with zero attached hydrogens (tertiary/aromatic N) is 5. The van der Waals surface area contributed by atoms with Crippen molar-refractivity contribution in [3.05, 3.63) is 24.8 Å². The lowest BCUT2D eigenvalue weighted by atomic mass is 10.1. The van der Waals surface area contributed by atoms with Gasteiger partial charge in [-0.2, -0.15) is 0 Å². The van der Waals surface area contributed by atoms with E-state index in [9.17, 15) is 15.0 Å². The number of carbonyl (C=O) groups is 1. The third-order valence-electron chi connectivity index (χ3n) is 4.99. The predicted molar refractivity (Wildman–Crippen MR) is 109 cm³/mol. The number of ether oxygens (including phenoxy) is 2. The maximum Gasteiger partial charge on any atom is 0.252 e. The van der Waals surface area contributed by atoms with Crippen molar-refractivity contribution in [2.45, 2.75) is 31.5 Å². The van der Waals surface area contributed by atoms with E-state index < -0.39 is 30.4 Å². The molecule has 0 bridgehead atoms. The average Bonchev–Trinajstić information content (AvgIpc) is 3.34. The predicted octanol–water partition coefficient (Wildman–Crippen LogP) is -0.306. The zero-order valence-electron chi connectivity index (χ0n) is 17.2. The normalized spacial score (nSPS) is 23.1. The zero-order chi connectivity index (χ0) is 22.1. The van der Waals surface area contributed by atoms with Gasteiger partial charge >= 0.3 is 0 Å². The molecule has 12 heteroatoms. The first-order valence-electron chi connectivity index (χ1n) is 9.69. The van der Waals surface area contributed by atoms with Crippen molar-refractivity contribution in [1.29, 1.82) is 0 Å². The molecule has 0 radical (unpaired) electrons. The van der Waals surface area contributed by atoms with Gasteiger partial charge < -0.3 is 30.3 Å². The summed E-state index contributed by atoms with van der Waals surface area (Å²) in [7, 11) is 3.23. The van der Waals surface area contributed by atoms with E-state index in [0.29, 0.717) is 40.7 Å². The molecule has 1 saturated heterocycles. The fraction of sp³-hybridized carbons (Fsp3) is 0.421. The van der Waals surface area contributed by atoms with Gasteiger partial charge in [0.25, 0.3) is 5.91 Å². The number of anilines is 1. The van der Waals surface area contributed by atoms with E-state index in [2.05, 4.69) is 30.6 Å². The Hall–Kier alpha value is -3.35. The van der Waals surface area contributed by atoms with Gasteiger partial charge in [0.05, 0.1) is 19.6 Å². The van der Waals surface area contributed by atoms with Gasteiger partial charge in [-0.05, 0) is 13.0 Å². The van der Waals surface area contributed by atoms with Gasteiger partial charge in [0.2, 0.25) is 0 Å². The molecule has 12 nitrogen and oxygen atoms in total. The van der Waals surface area contributed by atoms with Crippen LogP contribution in [0.3, 0.4) is 0 Å². The Bertz CT molecular complexity index is 1100. The Balaban J connectivity index is 1.78. The SMILES string of the molecule is CCNC(=O)[C@@H]1OC(n2cnc3c(NC)nc(-c4cncc(OC)c4)nc32)C(O)C1O. The number of likely N-dealkylation sites (N-methyl/N-ethyl adjacent to an activating group) is 1. The molecule has 1 aliphatic rings. The molecule has 1 amide bonds. The Kier molecular flexibility index (Phi) is 5.67. The topological polar surface area (TPSA) is 157 Å². The largest absolute Gasteiger partial charge is 0.495 e. The fourth-order valence-electron chi connectivity index (χ4n) is 3.44. The van der Waals surface area contributed by atoms with Gasteiger partial charge in [0.15, 0.2) is 35.1 Å². The summed E-state index contributed by atoms with van der Waals surface area (Å²) in [6, 6.07) is 1.74. The number of aromatic nitrogens is 5. The van der Waals surface area contributed by atoms with Crippen LogP contribution >= 0.6 is 0 Å². The number of carbonyl (C=O) groups excluding carboxylic acids is 1. The summed E-state index contributed by atoms with van der Waals surface area (Å²) in [4.78, 5) is 29.7. The van der Waals surface area contributed by atoms with Crippen LogP contribution in [0.2, 0.25) is 0 Å². The second-order valence-electron chi connectivity index (χ2n) is 6.91. The second-order valence-corrected chi connectivity index (χ2v) is 6.91. The Morgan fingerprint density at radius 1 is 1.29 bits per heavy atom. The molecule has 3 unspecified atom stereocenters. The number of aliphatic hydroxyl groups is 2. The summed E-state index contributed by atoms with van der Waals surface area (Å²) in [6.45, 7) is 2.12. The number of pyridine rings is 1. The molecule has 4 rings (SSSR count). The third kappa shape index (κ3) is 3.65. The molecule has 1 fully saturated rings. The highest BCUT2D eigenvalue weighted by Crippen LogP contribution is 2.33. The highest BCUT2D eigenvalue weighted by molar-refractivity contribution is 5.85. The molecule has 4 N–H and O–H groups in total. The van der Waals surface area contributed by atoms with Crippen LogP contribution in [-0.4, -0.2) is 79.6 Å². The van der Waals surface area contributed by atoms with Crippen LogP contribution in [0.4, 0.5) is 5.82 Å². The molecule has 3 aromatic heterocycles. The number of rotatable bonds is 6. The average molecular weight is 429 g/mol. The monoisotopic (exact) mass is 429 g/mol. The number of aliphatic hydroxyl groups excluding tert-OH is 2. The molecule has 4 heterocycles. The van der Waals surface area contributed by atoms with Gasteiger partial charge in [0, 0.05) is 25.4 Å². The first-order valence-corrected chi connectivity index (χ1v) is 9.69. The van der Waals surface area contributed by atoms with Crippen LogP contribution in [0.25, 0.3) is 22.6 Å². The van der Waals surface area contributed by atoms with E-state index in [0.717, 1.165) is 0 Å². The van der Waals surface area contributed by atoms with E-state index in [1.54, 1.807) is 32.4 Å². The summed E-state index contributed by atoms with van der Waals surface area (Å²) in [6.07, 6.45) is -0.458. The molecule has 0 spiro atoms. The lowest BCUT2D eigenvalue weighted by Crippen LogP contribution is -2.42. The van der Waals surface area contributed by atoms with Gasteiger partial charge in [-0.25, -0.2) is 15.0 Å². The van der Waals surface area contributed by atoms with Crippen molar-refractivity contribution in [2.75, 3.05) is 26.0 Å². The van der Waals surface area contributed by atoms with E-state index in [1.807, 2.05) is 0 Å². The molecule has 0 saturated carbocycles. The van der Waals surface area contributed by atoms with Crippen molar-refractivity contribution in [2.24, 2.45) is 0 Å². The number of methoxy groups -OCH3 is 1. The standard InChI is InChI=1S/C19H23N7O5/c1-4-22-18(29)14-12(27)13(28)19(31-14)26-8-23-11-16(20-2)24-15(25-17(11)26)9-5-10(30-3)7-21-6-9/h5-8,12-14,19,27-28H,4H2,1-3H3,(H,22,29)(H,20,24,25)/t12?,13?,14-,19?/m1/s1. The number of hydrogen-bond donors (Lipinski definition) is 4. The number of amides is 1. The quantitative estimate of drug-likeness (QED) is 0.410. The van der Waals surface area contributed by atoms with Crippen molar-refractivity contribution < 1.29 is 24.5 Å². The Morgan fingerprint density at radius 2 is 2.10 bits per heavy atom. The Morgan fingerprint density at radius 3 is 2.81 bits per heavy atom. The smallest absolute Gasteiger partial charge is 0.252 e. The van der Waals surface area contributed by atoms with Gasteiger partial charge in [0.1, 0.15) is 18.0 Å². The van der Waals surface area contributed by atoms with E-state index >= 15 is 0 Å². The van der Waals surface area contributed by atoms with E-state index in [4.69, 9.17) is 9.47 Å².